The van der Waals surface area contributed by atoms with Crippen LogP contribution in [0.1, 0.15) is 11.1 Å². The monoisotopic (exact) mass is 379 g/mol. The molecule has 0 spiro atoms. The number of halogens is 1. The number of hydrogen-bond acceptors (Lipinski definition) is 5. The largest absolute Gasteiger partial charge is 0.493 e. The van der Waals surface area contributed by atoms with Crippen LogP contribution in [0.15, 0.2) is 36.4 Å². The van der Waals surface area contributed by atoms with Gasteiger partial charge in [-0.1, -0.05) is 12.1 Å². The van der Waals surface area contributed by atoms with E-state index in [2.05, 4.69) is 5.32 Å². The second-order valence-electron chi connectivity index (χ2n) is 5.43. The molecule has 0 heterocycles. The molecule has 0 aliphatic rings. The molecule has 0 aliphatic heterocycles. The molecule has 0 radical (unpaired) electrons. The lowest BCUT2D eigenvalue weighted by atomic mass is 10.2. The minimum Gasteiger partial charge on any atom is -0.493 e. The van der Waals surface area contributed by atoms with Gasteiger partial charge in [0.1, 0.15) is 5.82 Å². The predicted octanol–water partition coefficient (Wildman–Crippen LogP) is 3.40. The highest BCUT2D eigenvalue weighted by molar-refractivity contribution is 7.99. The zero-order valence-corrected chi connectivity index (χ0v) is 15.8. The van der Waals surface area contributed by atoms with E-state index in [-0.39, 0.29) is 11.7 Å². The molecule has 0 atom stereocenters. The summed E-state index contributed by atoms with van der Waals surface area (Å²) >= 11 is 1.47. The van der Waals surface area contributed by atoms with Gasteiger partial charge in [0.15, 0.2) is 11.5 Å². The van der Waals surface area contributed by atoms with Crippen LogP contribution in [0.2, 0.25) is 0 Å². The summed E-state index contributed by atoms with van der Waals surface area (Å²) in [7, 11) is 4.64. The molecule has 0 unspecified atom stereocenters. The molecule has 0 aliphatic carbocycles. The second kappa shape index (κ2) is 9.91. The van der Waals surface area contributed by atoms with Gasteiger partial charge in [-0.3, -0.25) is 4.79 Å². The lowest BCUT2D eigenvalue weighted by molar-refractivity contribution is -0.118. The van der Waals surface area contributed by atoms with Gasteiger partial charge >= 0.3 is 0 Å². The van der Waals surface area contributed by atoms with Crippen LogP contribution >= 0.6 is 11.8 Å². The van der Waals surface area contributed by atoms with Crippen molar-refractivity contribution >= 4 is 17.7 Å². The van der Waals surface area contributed by atoms with Gasteiger partial charge < -0.3 is 19.5 Å². The summed E-state index contributed by atoms with van der Waals surface area (Å²) in [5.41, 5.74) is 1.82. The van der Waals surface area contributed by atoms with E-state index in [4.69, 9.17) is 14.2 Å². The highest BCUT2D eigenvalue weighted by Gasteiger charge is 2.13. The number of rotatable bonds is 9. The maximum absolute atomic E-state index is 12.9. The van der Waals surface area contributed by atoms with E-state index in [0.29, 0.717) is 35.3 Å². The van der Waals surface area contributed by atoms with E-state index < -0.39 is 0 Å². The number of carbonyl (C=O) groups is 1. The summed E-state index contributed by atoms with van der Waals surface area (Å²) in [5.74, 6) is 2.23. The van der Waals surface area contributed by atoms with Crippen molar-refractivity contribution in [3.05, 3.63) is 53.3 Å². The molecule has 2 aromatic rings. The summed E-state index contributed by atoms with van der Waals surface area (Å²) in [6.45, 7) is 0.354. The minimum atomic E-state index is -0.262. The molecule has 0 saturated heterocycles. The van der Waals surface area contributed by atoms with Gasteiger partial charge in [-0.15, -0.1) is 11.8 Å². The smallest absolute Gasteiger partial charge is 0.230 e. The first-order chi connectivity index (χ1) is 12.6. The molecule has 26 heavy (non-hydrogen) atoms. The Balaban J connectivity index is 1.85. The average molecular weight is 379 g/mol. The molecule has 140 valence electrons. The van der Waals surface area contributed by atoms with E-state index in [1.807, 2.05) is 0 Å². The van der Waals surface area contributed by atoms with Crippen molar-refractivity contribution in [1.82, 2.24) is 5.32 Å². The molecule has 1 amide bonds. The van der Waals surface area contributed by atoms with Gasteiger partial charge in [0.05, 0.1) is 27.1 Å². The topological polar surface area (TPSA) is 56.8 Å². The zero-order valence-electron chi connectivity index (χ0n) is 15.0. The lowest BCUT2D eigenvalue weighted by Gasteiger charge is -2.14. The van der Waals surface area contributed by atoms with Crippen molar-refractivity contribution in [3.8, 4) is 17.2 Å². The maximum atomic E-state index is 12.9. The van der Waals surface area contributed by atoms with Crippen LogP contribution in [0.25, 0.3) is 0 Å². The third kappa shape index (κ3) is 5.56. The molecular formula is C19H22FNO4S. The number of hydrogen-bond donors (Lipinski definition) is 1. The third-order valence-electron chi connectivity index (χ3n) is 3.63. The molecule has 0 aromatic heterocycles. The Morgan fingerprint density at radius 1 is 1.00 bits per heavy atom. The Labute approximate surface area is 156 Å². The van der Waals surface area contributed by atoms with Gasteiger partial charge in [0.25, 0.3) is 0 Å². The standard InChI is InChI=1S/C19H22FNO4S/c1-23-16-8-14(9-17(24-2)19(16)25-3)10-21-18(22)12-26-11-13-4-6-15(20)7-5-13/h4-9H,10-12H2,1-3H3,(H,21,22). The molecule has 1 N–H and O–H groups in total. The van der Waals surface area contributed by atoms with Crippen LogP contribution in [-0.2, 0) is 17.1 Å². The highest BCUT2D eigenvalue weighted by atomic mass is 32.2. The Bertz CT molecular complexity index is 712. The average Bonchev–Trinajstić information content (AvgIpc) is 2.66. The number of ether oxygens (including phenoxy) is 3. The summed E-state index contributed by atoms with van der Waals surface area (Å²) in [5, 5.41) is 2.86. The molecule has 2 rings (SSSR count). The van der Waals surface area contributed by atoms with Crippen LogP contribution in [0, 0.1) is 5.82 Å². The molecule has 0 saturated carbocycles. The number of methoxy groups -OCH3 is 3. The van der Waals surface area contributed by atoms with Crippen molar-refractivity contribution in [2.45, 2.75) is 12.3 Å². The van der Waals surface area contributed by atoms with Gasteiger partial charge in [-0.05, 0) is 35.4 Å². The first kappa shape index (κ1) is 19.9. The number of benzene rings is 2. The van der Waals surface area contributed by atoms with E-state index in [0.717, 1.165) is 11.1 Å². The molecule has 5 nitrogen and oxygen atoms in total. The third-order valence-corrected chi connectivity index (χ3v) is 4.63. The number of amides is 1. The van der Waals surface area contributed by atoms with Crippen LogP contribution in [-0.4, -0.2) is 33.0 Å². The molecule has 2 aromatic carbocycles. The Morgan fingerprint density at radius 2 is 1.62 bits per heavy atom. The van der Waals surface area contributed by atoms with Crippen molar-refractivity contribution in [2.75, 3.05) is 27.1 Å². The van der Waals surface area contributed by atoms with E-state index in [9.17, 15) is 9.18 Å². The first-order valence-electron chi connectivity index (χ1n) is 7.95. The number of nitrogens with one attached hydrogen (secondary N) is 1. The van der Waals surface area contributed by atoms with E-state index >= 15 is 0 Å². The van der Waals surface area contributed by atoms with Crippen molar-refractivity contribution in [3.63, 3.8) is 0 Å². The minimum absolute atomic E-state index is 0.0779. The van der Waals surface area contributed by atoms with Crippen LogP contribution in [0.5, 0.6) is 17.2 Å². The first-order valence-corrected chi connectivity index (χ1v) is 9.10. The fourth-order valence-corrected chi connectivity index (χ4v) is 3.15. The Kier molecular flexibility index (Phi) is 7.59. The van der Waals surface area contributed by atoms with E-state index in [1.54, 1.807) is 45.6 Å². The van der Waals surface area contributed by atoms with Crippen LogP contribution in [0.3, 0.4) is 0 Å². The highest BCUT2D eigenvalue weighted by Crippen LogP contribution is 2.38. The molecular weight excluding hydrogens is 357 g/mol. The van der Waals surface area contributed by atoms with Crippen molar-refractivity contribution < 1.29 is 23.4 Å². The Hall–Kier alpha value is -2.41. The van der Waals surface area contributed by atoms with Crippen LogP contribution in [0.4, 0.5) is 4.39 Å². The molecule has 0 bridgehead atoms. The number of thioether (sulfide) groups is 1. The van der Waals surface area contributed by atoms with Gasteiger partial charge in [-0.2, -0.15) is 0 Å². The normalized spacial score (nSPS) is 10.3. The van der Waals surface area contributed by atoms with Gasteiger partial charge in [0.2, 0.25) is 11.7 Å². The maximum Gasteiger partial charge on any atom is 0.230 e. The van der Waals surface area contributed by atoms with Gasteiger partial charge in [0, 0.05) is 12.3 Å². The fourth-order valence-electron chi connectivity index (χ4n) is 2.33. The second-order valence-corrected chi connectivity index (χ2v) is 6.42. The molecule has 7 heteroatoms. The van der Waals surface area contributed by atoms with E-state index in [1.165, 1.54) is 23.9 Å². The molecule has 0 fully saturated rings. The fraction of sp³-hybridized carbons (Fsp3) is 0.316. The predicted molar refractivity (Wildman–Crippen MR) is 101 cm³/mol. The SMILES string of the molecule is COc1cc(CNC(=O)CSCc2ccc(F)cc2)cc(OC)c1OC. The Morgan fingerprint density at radius 3 is 2.15 bits per heavy atom. The summed E-state index contributed by atoms with van der Waals surface area (Å²) in [6, 6.07) is 9.87. The lowest BCUT2D eigenvalue weighted by Crippen LogP contribution is -2.24. The summed E-state index contributed by atoms with van der Waals surface area (Å²) in [4.78, 5) is 12.0. The summed E-state index contributed by atoms with van der Waals surface area (Å²) in [6.07, 6.45) is 0. The van der Waals surface area contributed by atoms with Crippen molar-refractivity contribution in [2.24, 2.45) is 0 Å². The quantitative estimate of drug-likeness (QED) is 0.724. The van der Waals surface area contributed by atoms with Crippen molar-refractivity contribution in [1.29, 1.82) is 0 Å². The summed E-state index contributed by atoms with van der Waals surface area (Å²) < 4.78 is 28.7. The zero-order chi connectivity index (χ0) is 18.9. The van der Waals surface area contributed by atoms with Gasteiger partial charge in [-0.25, -0.2) is 4.39 Å². The number of carbonyl (C=O) groups excluding carboxylic acids is 1. The van der Waals surface area contributed by atoms with Crippen LogP contribution < -0.4 is 19.5 Å².